The van der Waals surface area contributed by atoms with Crippen LogP contribution >= 0.6 is 0 Å². The van der Waals surface area contributed by atoms with E-state index in [9.17, 15) is 4.39 Å². The number of anilines is 1. The van der Waals surface area contributed by atoms with E-state index in [1.54, 1.807) is 6.08 Å². The summed E-state index contributed by atoms with van der Waals surface area (Å²) < 4.78 is 12.7. The van der Waals surface area contributed by atoms with E-state index in [0.717, 1.165) is 12.7 Å². The van der Waals surface area contributed by atoms with E-state index >= 15 is 0 Å². The average molecular weight is 181 g/mol. The van der Waals surface area contributed by atoms with Crippen molar-refractivity contribution in [2.45, 2.75) is 0 Å². The highest BCUT2D eigenvalue weighted by molar-refractivity contribution is 5.60. The molecule has 1 aromatic rings. The number of halogens is 1. The summed E-state index contributed by atoms with van der Waals surface area (Å²) in [5, 5.41) is 2.93. The molecule has 3 N–H and O–H groups in total. The Hall–Kier alpha value is -1.42. The van der Waals surface area contributed by atoms with E-state index in [2.05, 4.69) is 10.3 Å². The molecule has 4 heteroatoms. The van der Waals surface area contributed by atoms with E-state index < -0.39 is 0 Å². The summed E-state index contributed by atoms with van der Waals surface area (Å²) in [6.45, 7) is 0.718. The van der Waals surface area contributed by atoms with Crippen molar-refractivity contribution in [3.8, 4) is 0 Å². The fraction of sp³-hybridized carbons (Fsp3) is 0.222. The van der Waals surface area contributed by atoms with Crippen molar-refractivity contribution < 1.29 is 4.39 Å². The minimum atomic E-state index is -0.377. The van der Waals surface area contributed by atoms with Gasteiger partial charge in [0.25, 0.3) is 0 Å². The maximum atomic E-state index is 12.7. The van der Waals surface area contributed by atoms with Crippen LogP contribution in [-0.2, 0) is 0 Å². The molecular weight excluding hydrogens is 169 g/mol. The molecule has 0 saturated heterocycles. The number of nitrogens with zero attached hydrogens (tertiary/aromatic N) is 1. The highest BCUT2D eigenvalue weighted by atomic mass is 19.1. The number of nitrogens with two attached hydrogens (primary N) is 1. The summed E-state index contributed by atoms with van der Waals surface area (Å²) >= 11 is 0. The van der Waals surface area contributed by atoms with Gasteiger partial charge in [0.15, 0.2) is 0 Å². The standard InChI is InChI=1S/C9H12FN3/c1-12-4-2-3-7-5-8(10)6-13-9(7)11/h2-3,5-6,12H,4H2,1H3,(H2,11,13). The first-order valence-corrected chi connectivity index (χ1v) is 3.96. The van der Waals surface area contributed by atoms with Crippen LogP contribution < -0.4 is 11.1 Å². The van der Waals surface area contributed by atoms with Crippen LogP contribution in [0.25, 0.3) is 6.08 Å². The summed E-state index contributed by atoms with van der Waals surface area (Å²) in [6, 6.07) is 1.36. The maximum absolute atomic E-state index is 12.7. The van der Waals surface area contributed by atoms with Gasteiger partial charge in [0.05, 0.1) is 6.20 Å². The number of hydrogen-bond donors (Lipinski definition) is 2. The van der Waals surface area contributed by atoms with Crippen LogP contribution in [0.2, 0.25) is 0 Å². The molecule has 1 rings (SSSR count). The molecule has 13 heavy (non-hydrogen) atoms. The molecular formula is C9H12FN3. The van der Waals surface area contributed by atoms with Crippen molar-refractivity contribution in [2.75, 3.05) is 19.3 Å². The molecule has 0 aliphatic rings. The van der Waals surface area contributed by atoms with Gasteiger partial charge < -0.3 is 11.1 Å². The van der Waals surface area contributed by atoms with Crippen molar-refractivity contribution >= 4 is 11.9 Å². The smallest absolute Gasteiger partial charge is 0.142 e. The van der Waals surface area contributed by atoms with E-state index in [4.69, 9.17) is 5.73 Å². The lowest BCUT2D eigenvalue weighted by Crippen LogP contribution is -2.04. The van der Waals surface area contributed by atoms with Crippen LogP contribution in [0, 0.1) is 5.82 Å². The number of pyridine rings is 1. The average Bonchev–Trinajstić information content (AvgIpc) is 2.11. The molecule has 0 fully saturated rings. The normalized spacial score (nSPS) is 10.9. The lowest BCUT2D eigenvalue weighted by molar-refractivity contribution is 0.621. The van der Waals surface area contributed by atoms with Crippen LogP contribution in [0.3, 0.4) is 0 Å². The number of nitrogen functional groups attached to an aromatic ring is 1. The molecule has 0 spiro atoms. The summed E-state index contributed by atoms with van der Waals surface area (Å²) in [5.74, 6) is -0.0351. The molecule has 0 aliphatic heterocycles. The van der Waals surface area contributed by atoms with E-state index in [1.165, 1.54) is 6.07 Å². The first kappa shape index (κ1) is 9.67. The van der Waals surface area contributed by atoms with Gasteiger partial charge in [0.2, 0.25) is 0 Å². The minimum Gasteiger partial charge on any atom is -0.383 e. The third kappa shape index (κ3) is 2.83. The number of rotatable bonds is 3. The molecule has 0 aliphatic carbocycles. The number of likely N-dealkylation sites (N-methyl/N-ethyl adjacent to an activating group) is 1. The fourth-order valence-electron chi connectivity index (χ4n) is 0.903. The first-order valence-electron chi connectivity index (χ1n) is 3.96. The molecule has 0 amide bonds. The van der Waals surface area contributed by atoms with Gasteiger partial charge in [-0.1, -0.05) is 12.2 Å². The monoisotopic (exact) mass is 181 g/mol. The van der Waals surface area contributed by atoms with Crippen LogP contribution in [-0.4, -0.2) is 18.6 Å². The second kappa shape index (κ2) is 4.57. The molecule has 0 bridgehead atoms. The number of aromatic nitrogens is 1. The van der Waals surface area contributed by atoms with Gasteiger partial charge in [0, 0.05) is 12.1 Å². The van der Waals surface area contributed by atoms with Crippen LogP contribution in [0.1, 0.15) is 5.56 Å². The number of hydrogen-bond acceptors (Lipinski definition) is 3. The van der Waals surface area contributed by atoms with E-state index in [-0.39, 0.29) is 5.82 Å². The molecule has 0 saturated carbocycles. The van der Waals surface area contributed by atoms with Crippen molar-refractivity contribution in [2.24, 2.45) is 0 Å². The molecule has 3 nitrogen and oxygen atoms in total. The minimum absolute atomic E-state index is 0.341. The predicted octanol–water partition coefficient (Wildman–Crippen LogP) is 1.04. The van der Waals surface area contributed by atoms with Crippen LogP contribution in [0.5, 0.6) is 0 Å². The van der Waals surface area contributed by atoms with Crippen molar-refractivity contribution in [3.63, 3.8) is 0 Å². The SMILES string of the molecule is CNCC=Cc1cc(F)cnc1N. The Morgan fingerprint density at radius 3 is 3.15 bits per heavy atom. The van der Waals surface area contributed by atoms with Crippen molar-refractivity contribution in [1.29, 1.82) is 0 Å². The topological polar surface area (TPSA) is 50.9 Å². The highest BCUT2D eigenvalue weighted by Crippen LogP contribution is 2.11. The maximum Gasteiger partial charge on any atom is 0.142 e. The third-order valence-corrected chi connectivity index (χ3v) is 1.54. The Kier molecular flexibility index (Phi) is 3.40. The van der Waals surface area contributed by atoms with Gasteiger partial charge in [-0.3, -0.25) is 0 Å². The zero-order chi connectivity index (χ0) is 9.68. The second-order valence-electron chi connectivity index (χ2n) is 2.59. The molecule has 0 unspecified atom stereocenters. The van der Waals surface area contributed by atoms with Crippen LogP contribution in [0.4, 0.5) is 10.2 Å². The molecule has 1 heterocycles. The van der Waals surface area contributed by atoms with Crippen molar-refractivity contribution in [1.82, 2.24) is 10.3 Å². The molecule has 1 aromatic heterocycles. The van der Waals surface area contributed by atoms with Gasteiger partial charge in [0.1, 0.15) is 11.6 Å². The third-order valence-electron chi connectivity index (χ3n) is 1.54. The zero-order valence-electron chi connectivity index (χ0n) is 7.42. The molecule has 0 aromatic carbocycles. The van der Waals surface area contributed by atoms with E-state index in [1.807, 2.05) is 13.1 Å². The molecule has 70 valence electrons. The Bertz CT molecular complexity index is 310. The zero-order valence-corrected chi connectivity index (χ0v) is 7.42. The fourth-order valence-corrected chi connectivity index (χ4v) is 0.903. The first-order chi connectivity index (χ1) is 6.24. The Balaban J connectivity index is 2.81. The summed E-state index contributed by atoms with van der Waals surface area (Å²) in [7, 11) is 1.83. The summed E-state index contributed by atoms with van der Waals surface area (Å²) in [4.78, 5) is 3.69. The quantitative estimate of drug-likeness (QED) is 0.732. The highest BCUT2D eigenvalue weighted by Gasteiger charge is 1.97. The van der Waals surface area contributed by atoms with E-state index in [0.29, 0.717) is 11.4 Å². The Morgan fingerprint density at radius 1 is 1.69 bits per heavy atom. The number of nitrogens with one attached hydrogen (secondary N) is 1. The lowest BCUT2D eigenvalue weighted by atomic mass is 10.2. The lowest BCUT2D eigenvalue weighted by Gasteiger charge is -1.98. The van der Waals surface area contributed by atoms with Crippen molar-refractivity contribution in [3.05, 3.63) is 29.7 Å². The largest absolute Gasteiger partial charge is 0.383 e. The van der Waals surface area contributed by atoms with Gasteiger partial charge in [-0.05, 0) is 13.1 Å². The van der Waals surface area contributed by atoms with Gasteiger partial charge in [-0.25, -0.2) is 9.37 Å². The summed E-state index contributed by atoms with van der Waals surface area (Å²) in [6.07, 6.45) is 4.69. The van der Waals surface area contributed by atoms with Gasteiger partial charge in [-0.2, -0.15) is 0 Å². The van der Waals surface area contributed by atoms with Gasteiger partial charge in [-0.15, -0.1) is 0 Å². The van der Waals surface area contributed by atoms with Gasteiger partial charge >= 0.3 is 0 Å². The Labute approximate surface area is 76.5 Å². The Morgan fingerprint density at radius 2 is 2.46 bits per heavy atom. The second-order valence-corrected chi connectivity index (χ2v) is 2.59. The summed E-state index contributed by atoms with van der Waals surface area (Å²) in [5.41, 5.74) is 6.13. The molecule has 0 atom stereocenters. The van der Waals surface area contributed by atoms with Crippen LogP contribution in [0.15, 0.2) is 18.3 Å². The predicted molar refractivity (Wildman–Crippen MR) is 51.6 cm³/mol. The molecule has 0 radical (unpaired) electrons.